The Labute approximate surface area is 117 Å². The standard InChI is InChI=1S/C14H19NO5/c1-14(2,3)20-13(19)15-5-4-8-9(7-15)10(16)6-11(17)12(8)18/h6,16-18H,4-5,7H2,1-3H3. The number of aromatic hydroxyl groups is 3. The third-order valence-electron chi connectivity index (χ3n) is 3.11. The number of hydrogen-bond donors (Lipinski definition) is 3. The number of fused-ring (bicyclic) bond motifs is 1. The molecule has 1 aliphatic heterocycles. The Morgan fingerprint density at radius 1 is 1.20 bits per heavy atom. The summed E-state index contributed by atoms with van der Waals surface area (Å²) in [7, 11) is 0. The van der Waals surface area contributed by atoms with E-state index in [-0.39, 0.29) is 23.8 Å². The molecule has 0 unspecified atom stereocenters. The van der Waals surface area contributed by atoms with Crippen LogP contribution in [0.2, 0.25) is 0 Å². The van der Waals surface area contributed by atoms with Crippen molar-refractivity contribution in [3.63, 3.8) is 0 Å². The lowest BCUT2D eigenvalue weighted by molar-refractivity contribution is 0.0222. The average Bonchev–Trinajstić information content (AvgIpc) is 2.33. The van der Waals surface area contributed by atoms with E-state index in [1.165, 1.54) is 4.90 Å². The van der Waals surface area contributed by atoms with Crippen LogP contribution in [0.4, 0.5) is 4.79 Å². The Morgan fingerprint density at radius 2 is 1.85 bits per heavy atom. The molecule has 1 amide bonds. The van der Waals surface area contributed by atoms with Gasteiger partial charge >= 0.3 is 6.09 Å². The summed E-state index contributed by atoms with van der Waals surface area (Å²) in [5.41, 5.74) is 0.330. The normalized spacial score (nSPS) is 14.8. The van der Waals surface area contributed by atoms with Crippen LogP contribution in [-0.2, 0) is 17.7 Å². The molecule has 1 aromatic rings. The van der Waals surface area contributed by atoms with Crippen molar-refractivity contribution >= 4 is 6.09 Å². The van der Waals surface area contributed by atoms with E-state index in [0.29, 0.717) is 24.1 Å². The van der Waals surface area contributed by atoms with Crippen LogP contribution in [0.5, 0.6) is 17.2 Å². The predicted octanol–water partition coefficient (Wildman–Crippen LogP) is 2.10. The smallest absolute Gasteiger partial charge is 0.410 e. The van der Waals surface area contributed by atoms with Crippen molar-refractivity contribution in [3.8, 4) is 17.2 Å². The number of carbonyl (C=O) groups excluding carboxylic acids is 1. The van der Waals surface area contributed by atoms with Crippen LogP contribution in [0.3, 0.4) is 0 Å². The van der Waals surface area contributed by atoms with Crippen molar-refractivity contribution in [1.29, 1.82) is 0 Å². The molecule has 0 aliphatic carbocycles. The number of carbonyl (C=O) groups is 1. The third-order valence-corrected chi connectivity index (χ3v) is 3.11. The number of amides is 1. The fraction of sp³-hybridized carbons (Fsp3) is 0.500. The molecule has 20 heavy (non-hydrogen) atoms. The summed E-state index contributed by atoms with van der Waals surface area (Å²) >= 11 is 0. The second kappa shape index (κ2) is 4.77. The zero-order valence-corrected chi connectivity index (χ0v) is 11.8. The number of ether oxygens (including phenoxy) is 1. The molecule has 1 aromatic carbocycles. The molecule has 0 fully saturated rings. The molecular formula is C14H19NO5. The first-order valence-electron chi connectivity index (χ1n) is 6.42. The maximum Gasteiger partial charge on any atom is 0.410 e. The number of phenols is 3. The summed E-state index contributed by atoms with van der Waals surface area (Å²) in [6.07, 6.45) is -0.113. The first-order valence-corrected chi connectivity index (χ1v) is 6.42. The van der Waals surface area contributed by atoms with E-state index in [0.717, 1.165) is 6.07 Å². The van der Waals surface area contributed by atoms with Crippen LogP contribution in [0, 0.1) is 0 Å². The average molecular weight is 281 g/mol. The highest BCUT2D eigenvalue weighted by Gasteiger charge is 2.29. The van der Waals surface area contributed by atoms with Gasteiger partial charge in [-0.25, -0.2) is 4.79 Å². The van der Waals surface area contributed by atoms with Gasteiger partial charge in [0.05, 0.1) is 6.54 Å². The van der Waals surface area contributed by atoms with Crippen LogP contribution in [0.25, 0.3) is 0 Å². The van der Waals surface area contributed by atoms with Gasteiger partial charge in [-0.05, 0) is 27.2 Å². The van der Waals surface area contributed by atoms with Gasteiger partial charge in [-0.1, -0.05) is 0 Å². The summed E-state index contributed by atoms with van der Waals surface area (Å²) in [4.78, 5) is 13.5. The van der Waals surface area contributed by atoms with Gasteiger partial charge in [-0.3, -0.25) is 0 Å². The molecular weight excluding hydrogens is 262 g/mol. The molecule has 0 aromatic heterocycles. The predicted molar refractivity (Wildman–Crippen MR) is 71.8 cm³/mol. The Morgan fingerprint density at radius 3 is 2.45 bits per heavy atom. The van der Waals surface area contributed by atoms with Gasteiger partial charge in [0, 0.05) is 23.7 Å². The van der Waals surface area contributed by atoms with Gasteiger partial charge in [-0.15, -0.1) is 0 Å². The SMILES string of the molecule is CC(C)(C)OC(=O)N1CCc2c(O)c(O)cc(O)c2C1. The molecule has 0 spiro atoms. The fourth-order valence-electron chi connectivity index (χ4n) is 2.18. The Hall–Kier alpha value is -2.11. The molecule has 0 radical (unpaired) electrons. The lowest BCUT2D eigenvalue weighted by Crippen LogP contribution is -2.39. The number of hydrogen-bond acceptors (Lipinski definition) is 5. The monoisotopic (exact) mass is 281 g/mol. The van der Waals surface area contributed by atoms with Gasteiger partial charge in [0.2, 0.25) is 0 Å². The van der Waals surface area contributed by atoms with Crippen molar-refractivity contribution in [2.45, 2.75) is 39.3 Å². The molecule has 2 rings (SSSR count). The quantitative estimate of drug-likeness (QED) is 0.500. The highest BCUT2D eigenvalue weighted by atomic mass is 16.6. The van der Waals surface area contributed by atoms with Gasteiger partial charge in [0.25, 0.3) is 0 Å². The zero-order valence-electron chi connectivity index (χ0n) is 11.8. The van der Waals surface area contributed by atoms with E-state index in [1.54, 1.807) is 20.8 Å². The summed E-state index contributed by atoms with van der Waals surface area (Å²) in [6, 6.07) is 1.08. The van der Waals surface area contributed by atoms with Gasteiger partial charge in [0.15, 0.2) is 11.5 Å². The molecule has 6 nitrogen and oxygen atoms in total. The molecule has 1 aliphatic rings. The van der Waals surface area contributed by atoms with Crippen LogP contribution >= 0.6 is 0 Å². The molecule has 3 N–H and O–H groups in total. The molecule has 0 atom stereocenters. The molecule has 110 valence electrons. The first kappa shape index (κ1) is 14.3. The summed E-state index contributed by atoms with van der Waals surface area (Å²) < 4.78 is 5.28. The maximum absolute atomic E-state index is 12.0. The van der Waals surface area contributed by atoms with Gasteiger partial charge < -0.3 is 25.0 Å². The van der Waals surface area contributed by atoms with Crippen molar-refractivity contribution in [1.82, 2.24) is 4.90 Å². The van der Waals surface area contributed by atoms with Crippen LogP contribution in [0.15, 0.2) is 6.07 Å². The van der Waals surface area contributed by atoms with Crippen molar-refractivity contribution < 1.29 is 24.9 Å². The highest BCUT2D eigenvalue weighted by Crippen LogP contribution is 2.40. The highest BCUT2D eigenvalue weighted by molar-refractivity contribution is 5.69. The molecule has 1 heterocycles. The Balaban J connectivity index is 2.24. The lowest BCUT2D eigenvalue weighted by Gasteiger charge is -2.31. The summed E-state index contributed by atoms with van der Waals surface area (Å²) in [6.45, 7) is 5.85. The maximum atomic E-state index is 12.0. The van der Waals surface area contributed by atoms with E-state index < -0.39 is 11.7 Å². The van der Waals surface area contributed by atoms with E-state index in [9.17, 15) is 20.1 Å². The van der Waals surface area contributed by atoms with E-state index in [2.05, 4.69) is 0 Å². The van der Waals surface area contributed by atoms with E-state index in [4.69, 9.17) is 4.74 Å². The number of benzene rings is 1. The summed E-state index contributed by atoms with van der Waals surface area (Å²) in [5, 5.41) is 29.1. The van der Waals surface area contributed by atoms with Crippen LogP contribution in [0.1, 0.15) is 31.9 Å². The number of nitrogens with zero attached hydrogens (tertiary/aromatic N) is 1. The molecule has 6 heteroatoms. The second-order valence-corrected chi connectivity index (χ2v) is 5.87. The van der Waals surface area contributed by atoms with Crippen molar-refractivity contribution in [2.75, 3.05) is 6.54 Å². The Bertz CT molecular complexity index is 547. The zero-order chi connectivity index (χ0) is 15.1. The minimum Gasteiger partial charge on any atom is -0.507 e. The van der Waals surface area contributed by atoms with Crippen molar-refractivity contribution in [3.05, 3.63) is 17.2 Å². The minimum absolute atomic E-state index is 0.136. The van der Waals surface area contributed by atoms with Crippen molar-refractivity contribution in [2.24, 2.45) is 0 Å². The summed E-state index contributed by atoms with van der Waals surface area (Å²) in [5.74, 6) is -0.725. The van der Waals surface area contributed by atoms with E-state index in [1.807, 2.05) is 0 Å². The van der Waals surface area contributed by atoms with Gasteiger partial charge in [0.1, 0.15) is 11.4 Å². The number of phenolic OH excluding ortho intramolecular Hbond substituents is 3. The molecule has 0 saturated heterocycles. The lowest BCUT2D eigenvalue weighted by atomic mass is 9.97. The Kier molecular flexibility index (Phi) is 3.41. The largest absolute Gasteiger partial charge is 0.507 e. The minimum atomic E-state index is -0.587. The van der Waals surface area contributed by atoms with Crippen LogP contribution in [-0.4, -0.2) is 38.5 Å². The number of rotatable bonds is 0. The first-order chi connectivity index (χ1) is 9.19. The van der Waals surface area contributed by atoms with Crippen LogP contribution < -0.4 is 0 Å². The van der Waals surface area contributed by atoms with E-state index >= 15 is 0 Å². The molecule has 0 bridgehead atoms. The third kappa shape index (κ3) is 2.74. The molecule has 0 saturated carbocycles. The van der Waals surface area contributed by atoms with Gasteiger partial charge in [-0.2, -0.15) is 0 Å². The fourth-order valence-corrected chi connectivity index (χ4v) is 2.18. The second-order valence-electron chi connectivity index (χ2n) is 5.87. The topological polar surface area (TPSA) is 90.2 Å².